The van der Waals surface area contributed by atoms with Crippen molar-refractivity contribution in [2.45, 2.75) is 26.0 Å². The number of nitrogens with one attached hydrogen (secondary N) is 2. The van der Waals surface area contributed by atoms with Gasteiger partial charge < -0.3 is 25.0 Å². The number of rotatable bonds is 9. The minimum Gasteiger partial charge on any atom is -0.492 e. The highest BCUT2D eigenvalue weighted by Crippen LogP contribution is 2.33. The average molecular weight is 448 g/mol. The van der Waals surface area contributed by atoms with Crippen molar-refractivity contribution in [3.63, 3.8) is 0 Å². The van der Waals surface area contributed by atoms with E-state index in [4.69, 9.17) is 9.47 Å². The molecule has 4 rings (SSSR count). The van der Waals surface area contributed by atoms with Gasteiger partial charge in [0.2, 0.25) is 0 Å². The van der Waals surface area contributed by atoms with Crippen LogP contribution in [0.3, 0.4) is 0 Å². The van der Waals surface area contributed by atoms with Crippen LogP contribution in [0, 0.1) is 6.92 Å². The third-order valence-electron chi connectivity index (χ3n) is 6.01. The van der Waals surface area contributed by atoms with Gasteiger partial charge in [-0.3, -0.25) is 4.79 Å². The lowest BCUT2D eigenvalue weighted by molar-refractivity contribution is 0.0937. The minimum absolute atomic E-state index is 0.121. The van der Waals surface area contributed by atoms with E-state index in [1.165, 1.54) is 0 Å². The number of carbonyl (C=O) groups is 1. The number of nitrogens with zero attached hydrogens (tertiary/aromatic N) is 1. The average Bonchev–Trinajstić information content (AvgIpc) is 2.76. The van der Waals surface area contributed by atoms with E-state index in [0.29, 0.717) is 12.2 Å². The maximum absolute atomic E-state index is 13.3. The lowest BCUT2D eigenvalue weighted by atomic mass is 9.97. The summed E-state index contributed by atoms with van der Waals surface area (Å²) in [6.07, 6.45) is 0.167. The molecule has 0 saturated carbocycles. The monoisotopic (exact) mass is 447 g/mol. The largest absolute Gasteiger partial charge is 0.492 e. The molecule has 0 radical (unpaired) electrons. The lowest BCUT2D eigenvalue weighted by Crippen LogP contribution is -2.50. The van der Waals surface area contributed by atoms with Crippen LogP contribution in [-0.2, 0) is 0 Å². The first kappa shape index (κ1) is 23.1. The minimum atomic E-state index is -0.238. The molecule has 1 heterocycles. The summed E-state index contributed by atoms with van der Waals surface area (Å²) in [5.41, 5.74) is 2.53. The molecule has 1 fully saturated rings. The lowest BCUT2D eigenvalue weighted by Gasteiger charge is -2.28. The number of aryl methyl sites for hydroxylation is 1. The van der Waals surface area contributed by atoms with E-state index in [0.717, 1.165) is 53.0 Å². The van der Waals surface area contributed by atoms with Gasteiger partial charge in [0.05, 0.1) is 6.04 Å². The summed E-state index contributed by atoms with van der Waals surface area (Å²) >= 11 is 0. The van der Waals surface area contributed by atoms with E-state index in [1.807, 2.05) is 64.3 Å². The van der Waals surface area contributed by atoms with E-state index in [1.54, 1.807) is 0 Å². The Morgan fingerprint density at radius 3 is 2.67 bits per heavy atom. The molecule has 3 aromatic rings. The fourth-order valence-electron chi connectivity index (χ4n) is 3.99. The van der Waals surface area contributed by atoms with E-state index in [2.05, 4.69) is 33.7 Å². The zero-order valence-electron chi connectivity index (χ0n) is 19.9. The molecule has 2 N–H and O–H groups in total. The number of amides is 1. The Morgan fingerprint density at radius 2 is 1.94 bits per heavy atom. The molecule has 6 nitrogen and oxygen atoms in total. The Labute approximate surface area is 195 Å². The normalized spacial score (nSPS) is 14.7. The molecule has 33 heavy (non-hydrogen) atoms. The van der Waals surface area contributed by atoms with E-state index in [-0.39, 0.29) is 18.1 Å². The third kappa shape index (κ3) is 5.46. The fraction of sp³-hybridized carbons (Fsp3) is 0.370. The first-order valence-electron chi connectivity index (χ1n) is 11.5. The molecule has 1 atom stereocenters. The van der Waals surface area contributed by atoms with Gasteiger partial charge in [-0.2, -0.15) is 0 Å². The third-order valence-corrected chi connectivity index (χ3v) is 6.01. The Bertz CT molecular complexity index is 1120. The van der Waals surface area contributed by atoms with Crippen LogP contribution in [0.15, 0.2) is 54.6 Å². The molecule has 3 aromatic carbocycles. The fourth-order valence-corrected chi connectivity index (χ4v) is 3.99. The van der Waals surface area contributed by atoms with E-state index >= 15 is 0 Å². The summed E-state index contributed by atoms with van der Waals surface area (Å²) in [6.45, 7) is 7.02. The van der Waals surface area contributed by atoms with Crippen LogP contribution in [0.1, 0.15) is 34.5 Å². The quantitative estimate of drug-likeness (QED) is 0.520. The zero-order valence-corrected chi connectivity index (χ0v) is 19.9. The van der Waals surface area contributed by atoms with Gasteiger partial charge in [-0.25, -0.2) is 0 Å². The molecule has 0 unspecified atom stereocenters. The van der Waals surface area contributed by atoms with Gasteiger partial charge in [0.25, 0.3) is 5.91 Å². The predicted molar refractivity (Wildman–Crippen MR) is 132 cm³/mol. The van der Waals surface area contributed by atoms with Crippen LogP contribution in [0.4, 0.5) is 0 Å². The second-order valence-electron chi connectivity index (χ2n) is 8.92. The second kappa shape index (κ2) is 10.2. The van der Waals surface area contributed by atoms with Crippen molar-refractivity contribution >= 4 is 16.7 Å². The van der Waals surface area contributed by atoms with Gasteiger partial charge >= 0.3 is 0 Å². The van der Waals surface area contributed by atoms with Gasteiger partial charge in [0.1, 0.15) is 24.2 Å². The van der Waals surface area contributed by atoms with Crippen LogP contribution in [-0.4, -0.2) is 57.2 Å². The molecule has 0 aliphatic carbocycles. The molecule has 1 aliphatic rings. The zero-order chi connectivity index (χ0) is 23.4. The Hall–Kier alpha value is -3.09. The van der Waals surface area contributed by atoms with Crippen molar-refractivity contribution in [3.05, 3.63) is 71.3 Å². The summed E-state index contributed by atoms with van der Waals surface area (Å²) in [4.78, 5) is 15.4. The van der Waals surface area contributed by atoms with Gasteiger partial charge in [-0.15, -0.1) is 0 Å². The SMILES string of the molecule is Cc1ccc(OC2CNC2)cc1C(=O)N[C@H](C)c1c(OCCN(C)C)ccc2ccccc12. The molecule has 0 aromatic heterocycles. The van der Waals surface area contributed by atoms with Crippen LogP contribution >= 0.6 is 0 Å². The number of carbonyl (C=O) groups excluding carboxylic acids is 1. The number of benzene rings is 3. The highest BCUT2D eigenvalue weighted by atomic mass is 16.5. The molecule has 0 spiro atoms. The highest BCUT2D eigenvalue weighted by molar-refractivity contribution is 5.97. The van der Waals surface area contributed by atoms with Crippen LogP contribution in [0.25, 0.3) is 10.8 Å². The number of fused-ring (bicyclic) bond motifs is 1. The molecule has 1 saturated heterocycles. The van der Waals surface area contributed by atoms with Gasteiger partial charge in [-0.05, 0) is 62.5 Å². The summed E-state index contributed by atoms with van der Waals surface area (Å²) in [5, 5.41) is 8.59. The summed E-state index contributed by atoms with van der Waals surface area (Å²) in [7, 11) is 4.05. The van der Waals surface area contributed by atoms with Crippen molar-refractivity contribution in [1.29, 1.82) is 0 Å². The van der Waals surface area contributed by atoms with E-state index < -0.39 is 0 Å². The maximum Gasteiger partial charge on any atom is 0.252 e. The number of ether oxygens (including phenoxy) is 2. The summed E-state index contributed by atoms with van der Waals surface area (Å²) in [5.74, 6) is 1.40. The van der Waals surface area contributed by atoms with E-state index in [9.17, 15) is 4.79 Å². The van der Waals surface area contributed by atoms with Crippen molar-refractivity contribution in [1.82, 2.24) is 15.5 Å². The molecule has 0 bridgehead atoms. The highest BCUT2D eigenvalue weighted by Gasteiger charge is 2.22. The van der Waals surface area contributed by atoms with Gasteiger partial charge in [0.15, 0.2) is 0 Å². The van der Waals surface area contributed by atoms with Crippen molar-refractivity contribution < 1.29 is 14.3 Å². The molecular weight excluding hydrogens is 414 g/mol. The molecule has 1 aliphatic heterocycles. The second-order valence-corrected chi connectivity index (χ2v) is 8.92. The van der Waals surface area contributed by atoms with Crippen molar-refractivity contribution in [3.8, 4) is 11.5 Å². The molecule has 174 valence electrons. The molecular formula is C27H33N3O3. The standard InChI is InChI=1S/C27H33N3O3/c1-18-9-11-21(33-22-16-28-17-22)15-24(18)27(31)29-19(2)26-23-8-6-5-7-20(23)10-12-25(26)32-14-13-30(3)4/h5-12,15,19,22,28H,13-14,16-17H2,1-4H3,(H,29,31)/t19-/m1/s1. The first-order chi connectivity index (χ1) is 15.9. The van der Waals surface area contributed by atoms with Crippen LogP contribution in [0.2, 0.25) is 0 Å². The number of hydrogen-bond donors (Lipinski definition) is 2. The Morgan fingerprint density at radius 1 is 1.15 bits per heavy atom. The molecule has 6 heteroatoms. The van der Waals surface area contributed by atoms with Crippen LogP contribution in [0.5, 0.6) is 11.5 Å². The number of hydrogen-bond acceptors (Lipinski definition) is 5. The topological polar surface area (TPSA) is 62.8 Å². The van der Waals surface area contributed by atoms with Gasteiger partial charge in [-0.1, -0.05) is 36.4 Å². The van der Waals surface area contributed by atoms with Crippen molar-refractivity contribution in [2.24, 2.45) is 0 Å². The van der Waals surface area contributed by atoms with Gasteiger partial charge in [0, 0.05) is 30.8 Å². The van der Waals surface area contributed by atoms with Crippen molar-refractivity contribution in [2.75, 3.05) is 40.3 Å². The smallest absolute Gasteiger partial charge is 0.252 e. The summed E-state index contributed by atoms with van der Waals surface area (Å²) < 4.78 is 12.1. The Kier molecular flexibility index (Phi) is 7.16. The molecule has 1 amide bonds. The first-order valence-corrected chi connectivity index (χ1v) is 11.5. The number of likely N-dealkylation sites (N-methyl/N-ethyl adjacent to an activating group) is 1. The summed E-state index contributed by atoms with van der Waals surface area (Å²) in [6, 6.07) is 17.7. The van der Waals surface area contributed by atoms with Crippen LogP contribution < -0.4 is 20.1 Å². The maximum atomic E-state index is 13.3. The Balaban J connectivity index is 1.58. The predicted octanol–water partition coefficient (Wildman–Crippen LogP) is 3.93.